The number of ketones is 1. The number of halogens is 2. The van der Waals surface area contributed by atoms with Crippen LogP contribution in [-0.2, 0) is 0 Å². The zero-order valence-electron chi connectivity index (χ0n) is 9.01. The molecule has 0 unspecified atom stereocenters. The lowest BCUT2D eigenvalue weighted by Gasteiger charge is -2.30. The van der Waals surface area contributed by atoms with Crippen LogP contribution in [-0.4, -0.2) is 10.1 Å². The molecule has 2 rings (SSSR count). The summed E-state index contributed by atoms with van der Waals surface area (Å²) >= 11 is 3.57. The SMILES string of the molecule is O=C(c1ccc(F)cc1)C1(Br)CCCCC1. The lowest BCUT2D eigenvalue weighted by atomic mass is 9.83. The molecule has 1 fully saturated rings. The summed E-state index contributed by atoms with van der Waals surface area (Å²) in [6.07, 6.45) is 5.12. The van der Waals surface area contributed by atoms with Gasteiger partial charge in [-0.15, -0.1) is 0 Å². The monoisotopic (exact) mass is 284 g/mol. The molecule has 86 valence electrons. The molecule has 0 radical (unpaired) electrons. The average molecular weight is 285 g/mol. The molecular weight excluding hydrogens is 271 g/mol. The van der Waals surface area contributed by atoms with Gasteiger partial charge in [-0.25, -0.2) is 4.39 Å². The van der Waals surface area contributed by atoms with Crippen molar-refractivity contribution in [2.24, 2.45) is 0 Å². The van der Waals surface area contributed by atoms with Crippen LogP contribution in [0, 0.1) is 5.82 Å². The van der Waals surface area contributed by atoms with Gasteiger partial charge in [0.1, 0.15) is 5.82 Å². The average Bonchev–Trinajstić information content (AvgIpc) is 2.30. The van der Waals surface area contributed by atoms with E-state index >= 15 is 0 Å². The number of benzene rings is 1. The number of hydrogen-bond donors (Lipinski definition) is 0. The highest BCUT2D eigenvalue weighted by Gasteiger charge is 2.36. The van der Waals surface area contributed by atoms with Crippen molar-refractivity contribution in [3.8, 4) is 0 Å². The van der Waals surface area contributed by atoms with Crippen molar-refractivity contribution >= 4 is 21.7 Å². The Balaban J connectivity index is 2.20. The van der Waals surface area contributed by atoms with Gasteiger partial charge >= 0.3 is 0 Å². The van der Waals surface area contributed by atoms with E-state index in [-0.39, 0.29) is 11.6 Å². The molecule has 0 aromatic heterocycles. The largest absolute Gasteiger partial charge is 0.293 e. The van der Waals surface area contributed by atoms with Gasteiger partial charge in [0, 0.05) is 5.56 Å². The van der Waals surface area contributed by atoms with Crippen molar-refractivity contribution in [2.45, 2.75) is 36.4 Å². The fourth-order valence-electron chi connectivity index (χ4n) is 2.20. The van der Waals surface area contributed by atoms with Crippen molar-refractivity contribution in [3.05, 3.63) is 35.6 Å². The van der Waals surface area contributed by atoms with E-state index in [1.165, 1.54) is 18.6 Å². The first-order chi connectivity index (χ1) is 7.62. The molecule has 0 heterocycles. The maximum atomic E-state index is 12.8. The first-order valence-electron chi connectivity index (χ1n) is 5.61. The number of Topliss-reactive ketones (excluding diaryl/α,β-unsaturated/α-hetero) is 1. The molecule has 0 amide bonds. The quantitative estimate of drug-likeness (QED) is 0.590. The van der Waals surface area contributed by atoms with Gasteiger partial charge in [-0.05, 0) is 37.1 Å². The van der Waals surface area contributed by atoms with Gasteiger partial charge in [0.05, 0.1) is 4.32 Å². The van der Waals surface area contributed by atoms with Crippen LogP contribution in [0.4, 0.5) is 4.39 Å². The number of alkyl halides is 1. The highest BCUT2D eigenvalue weighted by molar-refractivity contribution is 9.10. The Bertz CT molecular complexity index is 379. The Morgan fingerprint density at radius 3 is 2.25 bits per heavy atom. The van der Waals surface area contributed by atoms with Crippen molar-refractivity contribution < 1.29 is 9.18 Å². The molecule has 1 aromatic carbocycles. The van der Waals surface area contributed by atoms with Crippen molar-refractivity contribution in [1.29, 1.82) is 0 Å². The molecule has 1 nitrogen and oxygen atoms in total. The van der Waals surface area contributed by atoms with E-state index in [0.717, 1.165) is 25.7 Å². The number of carbonyl (C=O) groups excluding carboxylic acids is 1. The van der Waals surface area contributed by atoms with Crippen LogP contribution in [0.5, 0.6) is 0 Å². The molecule has 16 heavy (non-hydrogen) atoms. The highest BCUT2D eigenvalue weighted by atomic mass is 79.9. The van der Waals surface area contributed by atoms with E-state index in [9.17, 15) is 9.18 Å². The Hall–Kier alpha value is -0.700. The zero-order chi connectivity index (χ0) is 11.6. The van der Waals surface area contributed by atoms with Gasteiger partial charge in [0.15, 0.2) is 5.78 Å². The first kappa shape index (κ1) is 11.8. The summed E-state index contributed by atoms with van der Waals surface area (Å²) < 4.78 is 12.4. The predicted molar refractivity (Wildman–Crippen MR) is 65.5 cm³/mol. The van der Waals surface area contributed by atoms with E-state index in [4.69, 9.17) is 0 Å². The second-order valence-corrected chi connectivity index (χ2v) is 5.88. The van der Waals surface area contributed by atoms with Crippen molar-refractivity contribution in [2.75, 3.05) is 0 Å². The van der Waals surface area contributed by atoms with Crippen molar-refractivity contribution in [3.63, 3.8) is 0 Å². The third-order valence-electron chi connectivity index (χ3n) is 3.16. The molecule has 1 aliphatic carbocycles. The summed E-state index contributed by atoms with van der Waals surface area (Å²) in [5.74, 6) is -0.212. The summed E-state index contributed by atoms with van der Waals surface area (Å²) in [6.45, 7) is 0. The first-order valence-corrected chi connectivity index (χ1v) is 6.40. The lowest BCUT2D eigenvalue weighted by molar-refractivity contribution is 0.0923. The van der Waals surface area contributed by atoms with E-state index in [2.05, 4.69) is 15.9 Å². The Morgan fingerprint density at radius 1 is 1.12 bits per heavy atom. The van der Waals surface area contributed by atoms with Gasteiger partial charge in [-0.2, -0.15) is 0 Å². The molecular formula is C13H14BrFO. The maximum Gasteiger partial charge on any atom is 0.179 e. The van der Waals surface area contributed by atoms with Gasteiger partial charge in [-0.1, -0.05) is 35.2 Å². The standard InChI is InChI=1S/C13H14BrFO/c14-13(8-2-1-3-9-13)12(16)10-4-6-11(15)7-5-10/h4-7H,1-3,8-9H2. The van der Waals surface area contributed by atoms with E-state index in [1.54, 1.807) is 12.1 Å². The second-order valence-electron chi connectivity index (χ2n) is 4.36. The van der Waals surface area contributed by atoms with Crippen LogP contribution in [0.3, 0.4) is 0 Å². The van der Waals surface area contributed by atoms with Crippen molar-refractivity contribution in [1.82, 2.24) is 0 Å². The number of carbonyl (C=O) groups is 1. The van der Waals surface area contributed by atoms with Gasteiger partial charge in [0.25, 0.3) is 0 Å². The Morgan fingerprint density at radius 2 is 1.69 bits per heavy atom. The summed E-state index contributed by atoms with van der Waals surface area (Å²) in [7, 11) is 0. The van der Waals surface area contributed by atoms with Crippen LogP contribution in [0.15, 0.2) is 24.3 Å². The summed E-state index contributed by atoms with van der Waals surface area (Å²) in [4.78, 5) is 12.3. The molecule has 3 heteroatoms. The highest BCUT2D eigenvalue weighted by Crippen LogP contribution is 2.38. The lowest BCUT2D eigenvalue weighted by Crippen LogP contribution is -2.34. The van der Waals surface area contributed by atoms with E-state index in [0.29, 0.717) is 5.56 Å². The predicted octanol–water partition coefficient (Wildman–Crippen LogP) is 4.11. The zero-order valence-corrected chi connectivity index (χ0v) is 10.6. The molecule has 0 spiro atoms. The third kappa shape index (κ3) is 2.34. The molecule has 0 bridgehead atoms. The summed E-state index contributed by atoms with van der Waals surface area (Å²) in [5, 5.41) is 0. The van der Waals surface area contributed by atoms with Crippen LogP contribution >= 0.6 is 15.9 Å². The van der Waals surface area contributed by atoms with Crippen LogP contribution < -0.4 is 0 Å². The topological polar surface area (TPSA) is 17.1 Å². The molecule has 1 aliphatic rings. The second kappa shape index (κ2) is 4.66. The Labute approximate surface area is 103 Å². The normalized spacial score (nSPS) is 19.4. The molecule has 1 saturated carbocycles. The maximum absolute atomic E-state index is 12.8. The van der Waals surface area contributed by atoms with Crippen LogP contribution in [0.2, 0.25) is 0 Å². The molecule has 0 aliphatic heterocycles. The smallest absolute Gasteiger partial charge is 0.179 e. The summed E-state index contributed by atoms with van der Waals surface area (Å²) in [6, 6.07) is 5.81. The minimum atomic E-state index is -0.414. The van der Waals surface area contributed by atoms with Gasteiger partial charge in [-0.3, -0.25) is 4.79 Å². The third-order valence-corrected chi connectivity index (χ3v) is 4.31. The van der Waals surface area contributed by atoms with Crippen LogP contribution in [0.25, 0.3) is 0 Å². The van der Waals surface area contributed by atoms with Crippen LogP contribution in [0.1, 0.15) is 42.5 Å². The fourth-order valence-corrected chi connectivity index (χ4v) is 2.99. The van der Waals surface area contributed by atoms with E-state index < -0.39 is 4.32 Å². The molecule has 0 N–H and O–H groups in total. The van der Waals surface area contributed by atoms with Gasteiger partial charge < -0.3 is 0 Å². The number of hydrogen-bond acceptors (Lipinski definition) is 1. The van der Waals surface area contributed by atoms with E-state index in [1.807, 2.05) is 0 Å². The number of rotatable bonds is 2. The fraction of sp³-hybridized carbons (Fsp3) is 0.462. The minimum absolute atomic E-state index is 0.0900. The summed E-state index contributed by atoms with van der Waals surface area (Å²) in [5.41, 5.74) is 0.597. The molecule has 1 aromatic rings. The molecule has 0 saturated heterocycles. The molecule has 0 atom stereocenters. The van der Waals surface area contributed by atoms with Gasteiger partial charge in [0.2, 0.25) is 0 Å². The Kier molecular flexibility index (Phi) is 3.43. The minimum Gasteiger partial charge on any atom is -0.293 e.